The van der Waals surface area contributed by atoms with Gasteiger partial charge in [0.05, 0.1) is 26.4 Å². The number of ether oxygens (including phenoxy) is 4. The van der Waals surface area contributed by atoms with Crippen LogP contribution < -0.4 is 10.1 Å². The van der Waals surface area contributed by atoms with Gasteiger partial charge in [0, 0.05) is 13.7 Å². The average molecular weight is 339 g/mol. The van der Waals surface area contributed by atoms with E-state index in [1.54, 1.807) is 14.2 Å². The van der Waals surface area contributed by atoms with Gasteiger partial charge in [-0.2, -0.15) is 0 Å². The molecule has 24 heavy (non-hydrogen) atoms. The van der Waals surface area contributed by atoms with Gasteiger partial charge in [-0.1, -0.05) is 12.1 Å². The fraction of sp³-hybridized carbons (Fsp3) is 0.588. The Morgan fingerprint density at radius 2 is 2.00 bits per heavy atom. The third-order valence-corrected chi connectivity index (χ3v) is 3.90. The Balaban J connectivity index is 1.85. The molecule has 7 nitrogen and oxygen atoms in total. The SMILES string of the molecule is COCCOCC(=O)O[C@@H]1[C@@H](O)CN[C@@H]1Cc1ccc(OC)cc1. The van der Waals surface area contributed by atoms with E-state index in [9.17, 15) is 9.90 Å². The lowest BCUT2D eigenvalue weighted by atomic mass is 10.0. The van der Waals surface area contributed by atoms with Crippen molar-refractivity contribution in [3.05, 3.63) is 29.8 Å². The molecule has 1 aliphatic rings. The molecule has 134 valence electrons. The van der Waals surface area contributed by atoms with E-state index in [1.165, 1.54) is 0 Å². The Kier molecular flexibility index (Phi) is 7.45. The predicted molar refractivity (Wildman–Crippen MR) is 87.1 cm³/mol. The second kappa shape index (κ2) is 9.58. The van der Waals surface area contributed by atoms with Gasteiger partial charge in [0.25, 0.3) is 0 Å². The molecule has 3 atom stereocenters. The molecule has 1 aromatic rings. The molecule has 1 fully saturated rings. The van der Waals surface area contributed by atoms with E-state index in [0.29, 0.717) is 26.2 Å². The first-order valence-electron chi connectivity index (χ1n) is 7.94. The van der Waals surface area contributed by atoms with Crippen molar-refractivity contribution in [2.45, 2.75) is 24.7 Å². The van der Waals surface area contributed by atoms with Crippen LogP contribution in [0.4, 0.5) is 0 Å². The summed E-state index contributed by atoms with van der Waals surface area (Å²) >= 11 is 0. The molecule has 1 saturated heterocycles. The molecule has 0 bridgehead atoms. The van der Waals surface area contributed by atoms with E-state index in [4.69, 9.17) is 18.9 Å². The van der Waals surface area contributed by atoms with E-state index in [1.807, 2.05) is 24.3 Å². The zero-order valence-electron chi connectivity index (χ0n) is 14.1. The summed E-state index contributed by atoms with van der Waals surface area (Å²) < 4.78 is 20.5. The number of hydrogen-bond acceptors (Lipinski definition) is 7. The van der Waals surface area contributed by atoms with E-state index in [2.05, 4.69) is 5.32 Å². The zero-order valence-corrected chi connectivity index (χ0v) is 14.1. The van der Waals surface area contributed by atoms with Crippen LogP contribution in [-0.4, -0.2) is 69.9 Å². The number of esters is 1. The van der Waals surface area contributed by atoms with Crippen LogP contribution in [0, 0.1) is 0 Å². The Morgan fingerprint density at radius 3 is 2.67 bits per heavy atom. The van der Waals surface area contributed by atoms with Gasteiger partial charge in [0.15, 0.2) is 0 Å². The molecule has 1 aromatic carbocycles. The molecule has 0 saturated carbocycles. The van der Waals surface area contributed by atoms with Gasteiger partial charge in [-0.3, -0.25) is 0 Å². The van der Waals surface area contributed by atoms with Crippen molar-refractivity contribution in [1.82, 2.24) is 5.32 Å². The Hall–Kier alpha value is -1.67. The Morgan fingerprint density at radius 1 is 1.25 bits per heavy atom. The summed E-state index contributed by atoms with van der Waals surface area (Å²) in [5, 5.41) is 13.3. The Bertz CT molecular complexity index is 506. The van der Waals surface area contributed by atoms with Crippen LogP contribution in [0.3, 0.4) is 0 Å². The summed E-state index contributed by atoms with van der Waals surface area (Å²) in [6, 6.07) is 7.53. The molecular weight excluding hydrogens is 314 g/mol. The van der Waals surface area contributed by atoms with Crippen molar-refractivity contribution in [1.29, 1.82) is 0 Å². The van der Waals surface area contributed by atoms with Gasteiger partial charge in [0.2, 0.25) is 0 Å². The van der Waals surface area contributed by atoms with Crippen molar-refractivity contribution >= 4 is 5.97 Å². The minimum absolute atomic E-state index is 0.142. The quantitative estimate of drug-likeness (QED) is 0.489. The predicted octanol–water partition coefficient (Wildman–Crippen LogP) is 0.145. The molecule has 0 aromatic heterocycles. The second-order valence-electron chi connectivity index (χ2n) is 5.63. The van der Waals surface area contributed by atoms with Crippen LogP contribution in [0.25, 0.3) is 0 Å². The summed E-state index contributed by atoms with van der Waals surface area (Å²) in [7, 11) is 3.18. The lowest BCUT2D eigenvalue weighted by Crippen LogP contribution is -2.39. The molecule has 2 rings (SSSR count). The highest BCUT2D eigenvalue weighted by molar-refractivity contribution is 5.71. The normalized spacial score (nSPS) is 23.2. The number of rotatable bonds is 9. The highest BCUT2D eigenvalue weighted by Crippen LogP contribution is 2.19. The van der Waals surface area contributed by atoms with Crippen molar-refractivity contribution < 1.29 is 28.8 Å². The number of methoxy groups -OCH3 is 2. The smallest absolute Gasteiger partial charge is 0.332 e. The van der Waals surface area contributed by atoms with Gasteiger partial charge in [-0.25, -0.2) is 4.79 Å². The first kappa shape index (κ1) is 18.7. The third-order valence-electron chi connectivity index (χ3n) is 3.90. The van der Waals surface area contributed by atoms with Crippen LogP contribution in [0.1, 0.15) is 5.56 Å². The number of aliphatic hydroxyl groups is 1. The monoisotopic (exact) mass is 339 g/mol. The number of carbonyl (C=O) groups excluding carboxylic acids is 1. The van der Waals surface area contributed by atoms with Crippen LogP contribution in [0.15, 0.2) is 24.3 Å². The molecule has 0 aliphatic carbocycles. The molecule has 0 unspecified atom stereocenters. The minimum atomic E-state index is -0.726. The second-order valence-corrected chi connectivity index (χ2v) is 5.63. The largest absolute Gasteiger partial charge is 0.497 e. The summed E-state index contributed by atoms with van der Waals surface area (Å²) in [5.74, 6) is 0.299. The fourth-order valence-corrected chi connectivity index (χ4v) is 2.62. The Labute approximate surface area is 141 Å². The summed E-state index contributed by atoms with van der Waals surface area (Å²) in [5.41, 5.74) is 1.07. The fourth-order valence-electron chi connectivity index (χ4n) is 2.62. The number of benzene rings is 1. The molecule has 2 N–H and O–H groups in total. The van der Waals surface area contributed by atoms with Crippen LogP contribution in [0.2, 0.25) is 0 Å². The van der Waals surface area contributed by atoms with Crippen molar-refractivity contribution in [3.63, 3.8) is 0 Å². The van der Waals surface area contributed by atoms with Crippen molar-refractivity contribution in [3.8, 4) is 5.75 Å². The lowest BCUT2D eigenvalue weighted by molar-refractivity contribution is -0.159. The van der Waals surface area contributed by atoms with Crippen molar-refractivity contribution in [2.24, 2.45) is 0 Å². The van der Waals surface area contributed by atoms with Gasteiger partial charge >= 0.3 is 5.97 Å². The maximum Gasteiger partial charge on any atom is 0.332 e. The summed E-state index contributed by atoms with van der Waals surface area (Å²) in [4.78, 5) is 11.8. The average Bonchev–Trinajstić information content (AvgIpc) is 2.93. The van der Waals surface area contributed by atoms with Crippen LogP contribution >= 0.6 is 0 Å². The number of aliphatic hydroxyl groups excluding tert-OH is 1. The number of nitrogens with one attached hydrogen (secondary N) is 1. The van der Waals surface area contributed by atoms with Gasteiger partial charge < -0.3 is 29.4 Å². The zero-order chi connectivity index (χ0) is 17.4. The maximum absolute atomic E-state index is 11.8. The molecule has 1 heterocycles. The molecule has 0 radical (unpaired) electrons. The molecule has 0 spiro atoms. The van der Waals surface area contributed by atoms with E-state index in [0.717, 1.165) is 11.3 Å². The third kappa shape index (κ3) is 5.45. The maximum atomic E-state index is 11.8. The van der Waals surface area contributed by atoms with Gasteiger partial charge in [-0.15, -0.1) is 0 Å². The molecular formula is C17H25NO6. The van der Waals surface area contributed by atoms with Crippen LogP contribution in [-0.2, 0) is 25.4 Å². The standard InChI is InChI=1S/C17H25NO6/c1-21-7-8-23-11-16(20)24-17-14(18-10-15(17)19)9-12-3-5-13(22-2)6-4-12/h3-6,14-15,17-19H,7-11H2,1-2H3/t14-,15+,17+/m1/s1. The molecule has 7 heteroatoms. The number of β-amino-alcohol motifs (C(OH)–C–C–N with tert-alkyl or cyclic N) is 1. The number of hydrogen-bond donors (Lipinski definition) is 2. The highest BCUT2D eigenvalue weighted by atomic mass is 16.6. The summed E-state index contributed by atoms with van der Waals surface area (Å²) in [6.07, 6.45) is -0.675. The van der Waals surface area contributed by atoms with Crippen molar-refractivity contribution in [2.75, 3.05) is 40.6 Å². The molecule has 1 aliphatic heterocycles. The van der Waals surface area contributed by atoms with E-state index in [-0.39, 0.29) is 12.6 Å². The molecule has 0 amide bonds. The first-order valence-corrected chi connectivity index (χ1v) is 7.94. The lowest BCUT2D eigenvalue weighted by Gasteiger charge is -2.22. The van der Waals surface area contributed by atoms with Gasteiger partial charge in [0.1, 0.15) is 24.6 Å². The van der Waals surface area contributed by atoms with Gasteiger partial charge in [-0.05, 0) is 24.1 Å². The highest BCUT2D eigenvalue weighted by Gasteiger charge is 2.37. The first-order chi connectivity index (χ1) is 11.6. The topological polar surface area (TPSA) is 86.3 Å². The number of carbonyl (C=O) groups is 1. The minimum Gasteiger partial charge on any atom is -0.497 e. The van der Waals surface area contributed by atoms with Crippen LogP contribution in [0.5, 0.6) is 5.75 Å². The summed E-state index contributed by atoms with van der Waals surface area (Å²) in [6.45, 7) is 0.985. The van der Waals surface area contributed by atoms with E-state index >= 15 is 0 Å². The van der Waals surface area contributed by atoms with E-state index < -0.39 is 18.2 Å².